The van der Waals surface area contributed by atoms with Crippen molar-refractivity contribution in [1.29, 1.82) is 0 Å². The lowest BCUT2D eigenvalue weighted by atomic mass is 10.1. The van der Waals surface area contributed by atoms with Gasteiger partial charge in [-0.2, -0.15) is 13.2 Å². The standard InChI is InChI=1S/C14H11F3N2O4/c1-2-9(20)10-11(21)18-13(23)19(12(10)22)8-5-3-4-7(6-8)14(15,16)17/h3-6,22H,2H2,1H3,(H,18,21,23)/p-1. The molecule has 2 rings (SSSR count). The lowest BCUT2D eigenvalue weighted by Crippen LogP contribution is -2.35. The number of hydrogen-bond donors (Lipinski definition) is 1. The van der Waals surface area contributed by atoms with Crippen LogP contribution in [0.2, 0.25) is 0 Å². The molecule has 0 atom stereocenters. The Morgan fingerprint density at radius 2 is 1.96 bits per heavy atom. The summed E-state index contributed by atoms with van der Waals surface area (Å²) in [4.78, 5) is 36.8. The molecular weight excluding hydrogens is 317 g/mol. The molecule has 1 aromatic carbocycles. The number of carbonyl (C=O) groups is 1. The van der Waals surface area contributed by atoms with Crippen molar-refractivity contribution in [3.05, 3.63) is 56.2 Å². The molecule has 23 heavy (non-hydrogen) atoms. The van der Waals surface area contributed by atoms with E-state index in [0.29, 0.717) is 10.6 Å². The summed E-state index contributed by atoms with van der Waals surface area (Å²) in [7, 11) is 0. The fourth-order valence-electron chi connectivity index (χ4n) is 2.00. The minimum atomic E-state index is -4.67. The van der Waals surface area contributed by atoms with Gasteiger partial charge in [-0.3, -0.25) is 19.1 Å². The van der Waals surface area contributed by atoms with E-state index in [-0.39, 0.29) is 6.42 Å². The second kappa shape index (κ2) is 5.75. The predicted molar refractivity (Wildman–Crippen MR) is 71.7 cm³/mol. The largest absolute Gasteiger partial charge is 0.859 e. The van der Waals surface area contributed by atoms with Gasteiger partial charge in [0.1, 0.15) is 0 Å². The quantitative estimate of drug-likeness (QED) is 0.857. The summed E-state index contributed by atoms with van der Waals surface area (Å²) in [5.74, 6) is -2.05. The first-order chi connectivity index (χ1) is 10.7. The van der Waals surface area contributed by atoms with Crippen LogP contribution in [0.4, 0.5) is 13.2 Å². The van der Waals surface area contributed by atoms with Crippen molar-refractivity contribution in [3.63, 3.8) is 0 Å². The average molecular weight is 327 g/mol. The third-order valence-electron chi connectivity index (χ3n) is 3.10. The highest BCUT2D eigenvalue weighted by Crippen LogP contribution is 2.30. The molecule has 2 aromatic rings. The van der Waals surface area contributed by atoms with Crippen LogP contribution in [0.1, 0.15) is 29.3 Å². The van der Waals surface area contributed by atoms with Gasteiger partial charge >= 0.3 is 11.9 Å². The molecule has 1 aromatic heterocycles. The van der Waals surface area contributed by atoms with Crippen molar-refractivity contribution in [3.8, 4) is 11.6 Å². The Morgan fingerprint density at radius 3 is 2.52 bits per heavy atom. The number of aromatic nitrogens is 2. The van der Waals surface area contributed by atoms with Gasteiger partial charge in [-0.15, -0.1) is 0 Å². The number of H-pyrrole nitrogens is 1. The number of carbonyl (C=O) groups excluding carboxylic acids is 1. The molecule has 9 heteroatoms. The normalized spacial score (nSPS) is 11.5. The fraction of sp³-hybridized carbons (Fsp3) is 0.214. The van der Waals surface area contributed by atoms with Crippen molar-refractivity contribution in [1.82, 2.24) is 9.55 Å². The number of aromatic amines is 1. The zero-order chi connectivity index (χ0) is 17.4. The zero-order valence-electron chi connectivity index (χ0n) is 11.7. The average Bonchev–Trinajstić information content (AvgIpc) is 2.45. The van der Waals surface area contributed by atoms with Gasteiger partial charge in [-0.05, 0) is 24.1 Å². The molecule has 0 bridgehead atoms. The molecule has 0 aliphatic carbocycles. The van der Waals surface area contributed by atoms with E-state index in [1.807, 2.05) is 0 Å². The van der Waals surface area contributed by atoms with Crippen LogP contribution < -0.4 is 16.4 Å². The van der Waals surface area contributed by atoms with Crippen LogP contribution >= 0.6 is 0 Å². The minimum Gasteiger partial charge on any atom is -0.859 e. The first kappa shape index (κ1) is 16.5. The SMILES string of the molecule is CCC(=O)c1c([O-])n(-c2cccc(C(F)(F)F)c2)c(=O)[nH]c1=O. The van der Waals surface area contributed by atoms with E-state index in [1.54, 1.807) is 4.98 Å². The fourth-order valence-corrected chi connectivity index (χ4v) is 2.00. The number of hydrogen-bond acceptors (Lipinski definition) is 4. The number of nitrogens with zero attached hydrogens (tertiary/aromatic N) is 1. The molecular formula is C14H10F3N2O4-. The minimum absolute atomic E-state index is 0.168. The Bertz CT molecular complexity index is 881. The van der Waals surface area contributed by atoms with Crippen LogP contribution in [0.3, 0.4) is 0 Å². The van der Waals surface area contributed by atoms with Gasteiger partial charge in [-0.25, -0.2) is 4.79 Å². The van der Waals surface area contributed by atoms with Gasteiger partial charge in [0.25, 0.3) is 5.56 Å². The maximum Gasteiger partial charge on any atom is 0.416 e. The van der Waals surface area contributed by atoms with Crippen molar-refractivity contribution in [2.75, 3.05) is 0 Å². The van der Waals surface area contributed by atoms with Crippen molar-refractivity contribution >= 4 is 5.78 Å². The van der Waals surface area contributed by atoms with E-state index < -0.39 is 45.9 Å². The number of rotatable bonds is 3. The monoisotopic (exact) mass is 327 g/mol. The number of ketones is 1. The van der Waals surface area contributed by atoms with Crippen molar-refractivity contribution in [2.45, 2.75) is 19.5 Å². The molecule has 0 aliphatic heterocycles. The highest BCUT2D eigenvalue weighted by molar-refractivity contribution is 5.97. The number of benzene rings is 1. The second-order valence-corrected chi connectivity index (χ2v) is 4.60. The Kier molecular flexibility index (Phi) is 4.13. The molecule has 0 fully saturated rings. The van der Waals surface area contributed by atoms with E-state index in [2.05, 4.69) is 0 Å². The molecule has 6 nitrogen and oxygen atoms in total. The number of alkyl halides is 3. The van der Waals surface area contributed by atoms with E-state index in [1.165, 1.54) is 6.92 Å². The Morgan fingerprint density at radius 1 is 1.30 bits per heavy atom. The molecule has 0 unspecified atom stereocenters. The molecule has 1 heterocycles. The van der Waals surface area contributed by atoms with Crippen LogP contribution in [0.5, 0.6) is 5.88 Å². The van der Waals surface area contributed by atoms with E-state index in [9.17, 15) is 32.7 Å². The van der Waals surface area contributed by atoms with Crippen LogP contribution in [-0.2, 0) is 6.18 Å². The maximum absolute atomic E-state index is 12.7. The second-order valence-electron chi connectivity index (χ2n) is 4.60. The maximum atomic E-state index is 12.7. The molecule has 0 spiro atoms. The van der Waals surface area contributed by atoms with E-state index in [4.69, 9.17) is 0 Å². The lowest BCUT2D eigenvalue weighted by molar-refractivity contribution is -0.278. The van der Waals surface area contributed by atoms with Gasteiger partial charge in [0.2, 0.25) is 0 Å². The predicted octanol–water partition coefficient (Wildman–Crippen LogP) is 1.21. The first-order valence-corrected chi connectivity index (χ1v) is 6.44. The summed E-state index contributed by atoms with van der Waals surface area (Å²) in [5.41, 5.74) is -4.63. The van der Waals surface area contributed by atoms with Crippen molar-refractivity contribution in [2.24, 2.45) is 0 Å². The Hall–Kier alpha value is -2.84. The van der Waals surface area contributed by atoms with E-state index >= 15 is 0 Å². The van der Waals surface area contributed by atoms with Crippen LogP contribution in [0, 0.1) is 0 Å². The summed E-state index contributed by atoms with van der Waals surface area (Å²) in [6, 6.07) is 3.46. The summed E-state index contributed by atoms with van der Waals surface area (Å²) in [5, 5.41) is 12.2. The third kappa shape index (κ3) is 3.03. The smallest absolute Gasteiger partial charge is 0.416 e. The summed E-state index contributed by atoms with van der Waals surface area (Å²) in [6.45, 7) is 1.40. The Balaban J connectivity index is 2.77. The van der Waals surface area contributed by atoms with Gasteiger partial charge < -0.3 is 5.11 Å². The summed E-state index contributed by atoms with van der Waals surface area (Å²) in [6.07, 6.45) is -4.84. The molecule has 0 saturated carbocycles. The van der Waals surface area contributed by atoms with E-state index in [0.717, 1.165) is 18.2 Å². The van der Waals surface area contributed by atoms with Crippen LogP contribution in [-0.4, -0.2) is 15.3 Å². The van der Waals surface area contributed by atoms with Gasteiger partial charge in [0.05, 0.1) is 16.8 Å². The van der Waals surface area contributed by atoms with Gasteiger partial charge in [-0.1, -0.05) is 13.0 Å². The van der Waals surface area contributed by atoms with Crippen molar-refractivity contribution < 1.29 is 23.1 Å². The number of halogens is 3. The third-order valence-corrected chi connectivity index (χ3v) is 3.10. The molecule has 1 N–H and O–H groups in total. The first-order valence-electron chi connectivity index (χ1n) is 6.44. The number of Topliss-reactive ketones (excluding diaryl/α,β-unsaturated/α-hetero) is 1. The van der Waals surface area contributed by atoms with Gasteiger partial charge in [0, 0.05) is 6.42 Å². The highest BCUT2D eigenvalue weighted by atomic mass is 19.4. The molecule has 0 saturated heterocycles. The lowest BCUT2D eigenvalue weighted by Gasteiger charge is -2.19. The molecule has 0 amide bonds. The van der Waals surface area contributed by atoms with Crippen LogP contribution in [0.15, 0.2) is 33.9 Å². The summed E-state index contributed by atoms with van der Waals surface area (Å²) >= 11 is 0. The molecule has 0 aliphatic rings. The zero-order valence-corrected chi connectivity index (χ0v) is 11.7. The Labute approximate surface area is 126 Å². The topological polar surface area (TPSA) is 95.0 Å². The van der Waals surface area contributed by atoms with Crippen LogP contribution in [0.25, 0.3) is 5.69 Å². The van der Waals surface area contributed by atoms with Gasteiger partial charge in [0.15, 0.2) is 5.78 Å². The number of nitrogens with one attached hydrogen (secondary N) is 1. The highest BCUT2D eigenvalue weighted by Gasteiger charge is 2.30. The summed E-state index contributed by atoms with van der Waals surface area (Å²) < 4.78 is 38.5. The molecule has 0 radical (unpaired) electrons. The molecule has 122 valence electrons.